The smallest absolute Gasteiger partial charge is 0.357 e. The molecule has 216 valence electrons. The molecule has 0 fully saturated rings. The maximum absolute atomic E-state index is 13.9. The molecule has 4 heterocycles. The molecule has 4 N–H and O–H groups in total. The van der Waals surface area contributed by atoms with Crippen LogP contribution in [0.25, 0.3) is 21.6 Å². The summed E-state index contributed by atoms with van der Waals surface area (Å²) in [4.78, 5) is 49.1. The molecule has 0 atom stereocenters. The van der Waals surface area contributed by atoms with Gasteiger partial charge < -0.3 is 25.8 Å². The highest BCUT2D eigenvalue weighted by Crippen LogP contribution is 2.43. The van der Waals surface area contributed by atoms with Gasteiger partial charge in [-0.2, -0.15) is 0 Å². The summed E-state index contributed by atoms with van der Waals surface area (Å²) in [6.45, 7) is 3.07. The number of aromatic nitrogens is 2. The van der Waals surface area contributed by atoms with Crippen molar-refractivity contribution in [1.82, 2.24) is 15.3 Å². The van der Waals surface area contributed by atoms with Crippen LogP contribution in [0.5, 0.6) is 5.75 Å². The lowest BCUT2D eigenvalue weighted by Crippen LogP contribution is -2.26. The third-order valence-electron chi connectivity index (χ3n) is 6.68. The average molecular weight is 606 g/mol. The molecule has 0 saturated heterocycles. The van der Waals surface area contributed by atoms with Crippen molar-refractivity contribution in [2.45, 2.75) is 26.3 Å². The van der Waals surface area contributed by atoms with Gasteiger partial charge in [0.05, 0.1) is 18.7 Å². The van der Waals surface area contributed by atoms with Gasteiger partial charge in [-0.05, 0) is 59.3 Å². The number of benzene rings is 1. The topological polar surface area (TPSA) is 146 Å². The first-order valence-corrected chi connectivity index (χ1v) is 14.5. The number of pyridine rings is 2. The molecular weight excluding hydrogens is 578 g/mol. The van der Waals surface area contributed by atoms with E-state index in [9.17, 15) is 14.4 Å². The van der Waals surface area contributed by atoms with Crippen molar-refractivity contribution in [2.75, 3.05) is 25.6 Å². The summed E-state index contributed by atoms with van der Waals surface area (Å²) in [5.74, 6) is -1.01. The predicted octanol–water partition coefficient (Wildman–Crippen LogP) is 5.10. The van der Waals surface area contributed by atoms with Crippen molar-refractivity contribution in [3.8, 4) is 27.3 Å². The van der Waals surface area contributed by atoms with Crippen LogP contribution in [0, 0.1) is 0 Å². The number of amides is 2. The summed E-state index contributed by atoms with van der Waals surface area (Å²) in [5, 5.41) is 7.76. The maximum atomic E-state index is 13.9. The molecule has 1 aliphatic rings. The number of hydrogen-bond acceptors (Lipinski definition) is 9. The monoisotopic (exact) mass is 605 g/mol. The van der Waals surface area contributed by atoms with E-state index < -0.39 is 17.8 Å². The highest BCUT2D eigenvalue weighted by Gasteiger charge is 2.27. The fraction of sp³-hybridized carbons (Fsp3) is 0.233. The van der Waals surface area contributed by atoms with Crippen molar-refractivity contribution in [3.05, 3.63) is 81.1 Å². The van der Waals surface area contributed by atoms with Crippen molar-refractivity contribution < 1.29 is 23.9 Å². The Balaban J connectivity index is 1.68. The number of carbonyl (C=O) groups excluding carboxylic acids is 3. The SMILES string of the molecule is CCCNC(=O)c1ccc(-c2cc3c(cc2C(=O)Nc2ncc(CN)cc2Cl)-c2sccc2CCO3)c(C(=O)OC)n1. The van der Waals surface area contributed by atoms with E-state index >= 15 is 0 Å². The Morgan fingerprint density at radius 2 is 1.95 bits per heavy atom. The molecule has 0 unspecified atom stereocenters. The Morgan fingerprint density at radius 1 is 1.12 bits per heavy atom. The predicted molar refractivity (Wildman–Crippen MR) is 161 cm³/mol. The van der Waals surface area contributed by atoms with Crippen molar-refractivity contribution in [2.24, 2.45) is 5.73 Å². The van der Waals surface area contributed by atoms with Crippen LogP contribution >= 0.6 is 22.9 Å². The van der Waals surface area contributed by atoms with Crippen LogP contribution in [0.2, 0.25) is 5.02 Å². The van der Waals surface area contributed by atoms with Crippen molar-refractivity contribution in [3.63, 3.8) is 0 Å². The Kier molecular flexibility index (Phi) is 8.81. The molecule has 1 aliphatic heterocycles. The number of thiophene rings is 1. The molecule has 0 aliphatic carbocycles. The van der Waals surface area contributed by atoms with Gasteiger partial charge in [-0.1, -0.05) is 18.5 Å². The number of halogens is 1. The molecule has 2 amide bonds. The van der Waals surface area contributed by atoms with Crippen LogP contribution < -0.4 is 21.1 Å². The highest BCUT2D eigenvalue weighted by molar-refractivity contribution is 7.13. The van der Waals surface area contributed by atoms with Gasteiger partial charge in [0.1, 0.15) is 11.4 Å². The molecule has 0 bridgehead atoms. The molecule has 1 aromatic carbocycles. The largest absolute Gasteiger partial charge is 0.493 e. The van der Waals surface area contributed by atoms with Crippen LogP contribution in [0.3, 0.4) is 0 Å². The number of fused-ring (bicyclic) bond motifs is 3. The van der Waals surface area contributed by atoms with Gasteiger partial charge in [-0.15, -0.1) is 11.3 Å². The highest BCUT2D eigenvalue weighted by atomic mass is 35.5. The summed E-state index contributed by atoms with van der Waals surface area (Å²) in [6.07, 6.45) is 2.97. The number of methoxy groups -OCH3 is 1. The van der Waals surface area contributed by atoms with Gasteiger partial charge in [0.2, 0.25) is 0 Å². The maximum Gasteiger partial charge on any atom is 0.357 e. The minimum atomic E-state index is -0.764. The van der Waals surface area contributed by atoms with Gasteiger partial charge >= 0.3 is 5.97 Å². The number of anilines is 1. The first kappa shape index (κ1) is 29.2. The Morgan fingerprint density at radius 3 is 2.69 bits per heavy atom. The van der Waals surface area contributed by atoms with Gasteiger partial charge in [-0.25, -0.2) is 14.8 Å². The lowest BCUT2D eigenvalue weighted by atomic mass is 9.93. The standard InChI is InChI=1S/C30H28ClN5O5S/c1-3-8-33-29(38)23-5-4-18(25(35-23)30(39)40-2)19-13-24-21(26-17(6-9-41-24)7-10-42-26)12-20(19)28(37)36-27-22(31)11-16(14-32)15-34-27/h4-5,7,10-13,15H,3,6,8-9,14,32H2,1-2H3,(H,33,38)(H,34,36,37). The second kappa shape index (κ2) is 12.7. The quantitative estimate of drug-likeness (QED) is 0.235. The number of esters is 1. The minimum absolute atomic E-state index is 0.0452. The van der Waals surface area contributed by atoms with Crippen LogP contribution in [-0.4, -0.2) is 48.0 Å². The van der Waals surface area contributed by atoms with E-state index in [0.29, 0.717) is 42.0 Å². The van der Waals surface area contributed by atoms with Gasteiger partial charge in [0, 0.05) is 52.8 Å². The molecule has 5 rings (SSSR count). The van der Waals surface area contributed by atoms with E-state index in [1.54, 1.807) is 35.6 Å². The molecule has 4 aromatic rings. The molecule has 12 heteroatoms. The van der Waals surface area contributed by atoms with Crippen molar-refractivity contribution >= 4 is 46.5 Å². The molecule has 0 saturated carbocycles. The van der Waals surface area contributed by atoms with Gasteiger partial charge in [0.15, 0.2) is 11.5 Å². The number of hydrogen-bond donors (Lipinski definition) is 3. The third-order valence-corrected chi connectivity index (χ3v) is 7.96. The number of carbonyl (C=O) groups is 3. The normalized spacial score (nSPS) is 11.9. The fourth-order valence-electron chi connectivity index (χ4n) is 4.57. The number of nitrogens with two attached hydrogens (primary N) is 1. The van der Waals surface area contributed by atoms with Crippen molar-refractivity contribution in [1.29, 1.82) is 0 Å². The number of nitrogens with zero attached hydrogens (tertiary/aromatic N) is 2. The van der Waals surface area contributed by atoms with Crippen LogP contribution in [0.15, 0.2) is 48.0 Å². The number of rotatable bonds is 8. The zero-order chi connectivity index (χ0) is 29.8. The lowest BCUT2D eigenvalue weighted by Gasteiger charge is -2.17. The molecule has 42 heavy (non-hydrogen) atoms. The summed E-state index contributed by atoms with van der Waals surface area (Å²) >= 11 is 7.94. The molecule has 0 spiro atoms. The summed E-state index contributed by atoms with van der Waals surface area (Å²) in [5.41, 5.74) is 9.04. The molecule has 10 nitrogen and oxygen atoms in total. The summed E-state index contributed by atoms with van der Waals surface area (Å²) < 4.78 is 11.1. The lowest BCUT2D eigenvalue weighted by molar-refractivity contribution is 0.0594. The first-order chi connectivity index (χ1) is 20.3. The van der Waals surface area contributed by atoms with Crippen LogP contribution in [0.4, 0.5) is 5.82 Å². The summed E-state index contributed by atoms with van der Waals surface area (Å²) in [6, 6.07) is 10.2. The van der Waals surface area contributed by atoms with E-state index in [0.717, 1.165) is 22.4 Å². The second-order valence-corrected chi connectivity index (χ2v) is 10.8. The number of nitrogens with one attached hydrogen (secondary N) is 2. The first-order valence-electron chi connectivity index (χ1n) is 13.3. The Labute approximate surface area is 251 Å². The molecule has 3 aromatic heterocycles. The second-order valence-electron chi connectivity index (χ2n) is 9.44. The molecule has 0 radical (unpaired) electrons. The van der Waals surface area contributed by atoms with E-state index in [2.05, 4.69) is 20.6 Å². The fourth-order valence-corrected chi connectivity index (χ4v) is 5.78. The van der Waals surface area contributed by atoms with Crippen LogP contribution in [0.1, 0.15) is 55.8 Å². The van der Waals surface area contributed by atoms with E-state index in [4.69, 9.17) is 26.8 Å². The van der Waals surface area contributed by atoms with Crippen LogP contribution in [-0.2, 0) is 17.7 Å². The zero-order valence-electron chi connectivity index (χ0n) is 23.0. The number of ether oxygens (including phenoxy) is 2. The van der Waals surface area contributed by atoms with E-state index in [1.807, 2.05) is 18.4 Å². The Bertz CT molecular complexity index is 1690. The Hall–Kier alpha value is -4.32. The van der Waals surface area contributed by atoms with E-state index in [1.165, 1.54) is 19.4 Å². The zero-order valence-corrected chi connectivity index (χ0v) is 24.5. The van der Waals surface area contributed by atoms with E-state index in [-0.39, 0.29) is 34.3 Å². The minimum Gasteiger partial charge on any atom is -0.493 e. The van der Waals surface area contributed by atoms with Gasteiger partial charge in [0.25, 0.3) is 11.8 Å². The average Bonchev–Trinajstić information content (AvgIpc) is 3.41. The van der Waals surface area contributed by atoms with Gasteiger partial charge in [-0.3, -0.25) is 9.59 Å². The summed E-state index contributed by atoms with van der Waals surface area (Å²) in [7, 11) is 1.22. The molecular formula is C30H28ClN5O5S. The third kappa shape index (κ3) is 5.85.